The molecule has 0 aliphatic heterocycles. The molecule has 0 spiro atoms. The minimum Gasteiger partial charge on any atom is -0.508 e. The van der Waals surface area contributed by atoms with Crippen LogP contribution in [-0.2, 0) is 0 Å². The minimum atomic E-state index is -0.406. The third kappa shape index (κ3) is 3.75. The molecule has 156 valence electrons. The number of amides is 1. The molecule has 31 heavy (non-hydrogen) atoms. The van der Waals surface area contributed by atoms with Gasteiger partial charge in [0.05, 0.1) is 16.8 Å². The lowest BCUT2D eigenvalue weighted by Crippen LogP contribution is -2.19. The van der Waals surface area contributed by atoms with E-state index in [-0.39, 0.29) is 11.6 Å². The predicted molar refractivity (Wildman–Crippen MR) is 122 cm³/mol. The third-order valence-electron chi connectivity index (χ3n) is 5.41. The highest BCUT2D eigenvalue weighted by Gasteiger charge is 2.20. The highest BCUT2D eigenvalue weighted by Crippen LogP contribution is 2.35. The number of phenols is 1. The first kappa shape index (κ1) is 20.2. The van der Waals surface area contributed by atoms with Crippen molar-refractivity contribution in [3.8, 4) is 17.3 Å². The fraction of sp³-hybridized carbons (Fsp3) is 0.120. The molecule has 4 aromatic rings. The van der Waals surface area contributed by atoms with Crippen LogP contribution >= 0.6 is 0 Å². The van der Waals surface area contributed by atoms with E-state index in [0.29, 0.717) is 16.8 Å². The summed E-state index contributed by atoms with van der Waals surface area (Å²) in [7, 11) is 0. The number of carbonyl (C=O) groups excluding carboxylic acids is 1. The van der Waals surface area contributed by atoms with E-state index in [1.165, 1.54) is 29.8 Å². The first-order valence-corrected chi connectivity index (χ1v) is 9.91. The van der Waals surface area contributed by atoms with Gasteiger partial charge in [-0.25, -0.2) is 5.43 Å². The van der Waals surface area contributed by atoms with Crippen LogP contribution in [0.1, 0.15) is 34.0 Å². The number of para-hydroxylation sites is 1. The summed E-state index contributed by atoms with van der Waals surface area (Å²) >= 11 is 0. The molecule has 0 fully saturated rings. The van der Waals surface area contributed by atoms with Gasteiger partial charge in [-0.15, -0.1) is 0 Å². The lowest BCUT2D eigenvalue weighted by molar-refractivity contribution is 0.0955. The summed E-state index contributed by atoms with van der Waals surface area (Å²) < 4.78 is 1.79. The van der Waals surface area contributed by atoms with Gasteiger partial charge in [0.15, 0.2) is 0 Å². The standard InChI is InChI=1S/C25H23N3O3/c1-15-8-11-19(14-16(15)2)28-22-7-5-4-6-21(22)23(25(28)31)17(3)26-27-24(30)18-9-12-20(29)13-10-18/h4-14,29,31H,1-3H3,(H,27,30). The number of hydrogen-bond acceptors (Lipinski definition) is 4. The summed E-state index contributed by atoms with van der Waals surface area (Å²) in [6, 6.07) is 19.6. The Hall–Kier alpha value is -4.06. The van der Waals surface area contributed by atoms with Gasteiger partial charge in [0.25, 0.3) is 5.91 Å². The maximum atomic E-state index is 12.4. The smallest absolute Gasteiger partial charge is 0.271 e. The summed E-state index contributed by atoms with van der Waals surface area (Å²) in [5.74, 6) is -0.262. The lowest BCUT2D eigenvalue weighted by atomic mass is 10.1. The SMILES string of the molecule is CC(=NNC(=O)c1ccc(O)cc1)c1c(O)n(-c2ccc(C)c(C)c2)c2ccccc12. The van der Waals surface area contributed by atoms with Crippen LogP contribution < -0.4 is 5.43 Å². The second-order valence-electron chi connectivity index (χ2n) is 7.50. The first-order valence-electron chi connectivity index (χ1n) is 9.91. The van der Waals surface area contributed by atoms with E-state index in [2.05, 4.69) is 10.5 Å². The van der Waals surface area contributed by atoms with Gasteiger partial charge in [0, 0.05) is 16.6 Å². The molecule has 3 N–H and O–H groups in total. The first-order chi connectivity index (χ1) is 14.9. The highest BCUT2D eigenvalue weighted by molar-refractivity contribution is 6.13. The van der Waals surface area contributed by atoms with Crippen molar-refractivity contribution in [2.45, 2.75) is 20.8 Å². The molecular formula is C25H23N3O3. The second-order valence-corrected chi connectivity index (χ2v) is 7.50. The number of nitrogens with one attached hydrogen (secondary N) is 1. The fourth-order valence-corrected chi connectivity index (χ4v) is 3.58. The monoisotopic (exact) mass is 413 g/mol. The normalized spacial score (nSPS) is 11.6. The van der Waals surface area contributed by atoms with Gasteiger partial charge in [-0.1, -0.05) is 24.3 Å². The Balaban J connectivity index is 1.76. The van der Waals surface area contributed by atoms with Crippen LogP contribution in [0.2, 0.25) is 0 Å². The average molecular weight is 413 g/mol. The van der Waals surface area contributed by atoms with Crippen molar-refractivity contribution >= 4 is 22.5 Å². The van der Waals surface area contributed by atoms with Crippen molar-refractivity contribution in [2.75, 3.05) is 0 Å². The minimum absolute atomic E-state index is 0.0598. The van der Waals surface area contributed by atoms with Crippen LogP contribution in [-0.4, -0.2) is 26.4 Å². The Kier molecular flexibility index (Phi) is 5.21. The molecule has 3 aromatic carbocycles. The van der Waals surface area contributed by atoms with Crippen molar-refractivity contribution < 1.29 is 15.0 Å². The molecule has 0 radical (unpaired) electrons. The Morgan fingerprint density at radius 1 is 0.935 bits per heavy atom. The second kappa shape index (κ2) is 7.99. The Morgan fingerprint density at radius 2 is 1.65 bits per heavy atom. The number of rotatable bonds is 4. The van der Waals surface area contributed by atoms with Crippen molar-refractivity contribution in [1.29, 1.82) is 0 Å². The summed E-state index contributed by atoms with van der Waals surface area (Å²) in [6.07, 6.45) is 0. The quantitative estimate of drug-likeness (QED) is 0.331. The number of aromatic hydroxyl groups is 2. The van der Waals surface area contributed by atoms with Crippen molar-refractivity contribution in [2.24, 2.45) is 5.10 Å². The van der Waals surface area contributed by atoms with Crippen molar-refractivity contribution in [1.82, 2.24) is 9.99 Å². The Morgan fingerprint density at radius 3 is 2.35 bits per heavy atom. The van der Waals surface area contributed by atoms with E-state index in [4.69, 9.17) is 0 Å². The largest absolute Gasteiger partial charge is 0.508 e. The molecule has 6 nitrogen and oxygen atoms in total. The van der Waals surface area contributed by atoms with Gasteiger partial charge in [0.1, 0.15) is 5.75 Å². The molecule has 0 bridgehead atoms. The van der Waals surface area contributed by atoms with Crippen LogP contribution in [0.25, 0.3) is 16.6 Å². The van der Waals surface area contributed by atoms with Crippen molar-refractivity contribution in [3.05, 3.63) is 89.0 Å². The number of benzene rings is 3. The molecule has 1 heterocycles. The molecule has 1 amide bonds. The van der Waals surface area contributed by atoms with Gasteiger partial charge < -0.3 is 10.2 Å². The van der Waals surface area contributed by atoms with Gasteiger partial charge in [-0.3, -0.25) is 9.36 Å². The summed E-state index contributed by atoms with van der Waals surface area (Å²) in [4.78, 5) is 12.4. The van der Waals surface area contributed by atoms with Gasteiger partial charge in [0.2, 0.25) is 5.88 Å². The maximum Gasteiger partial charge on any atom is 0.271 e. The number of hydrogen-bond donors (Lipinski definition) is 3. The summed E-state index contributed by atoms with van der Waals surface area (Å²) in [5, 5.41) is 25.6. The molecule has 4 rings (SSSR count). The van der Waals surface area contributed by atoms with Crippen LogP contribution in [0.4, 0.5) is 0 Å². The van der Waals surface area contributed by atoms with Crippen molar-refractivity contribution in [3.63, 3.8) is 0 Å². The molecule has 1 aromatic heterocycles. The molecule has 0 aliphatic rings. The number of aryl methyl sites for hydroxylation is 2. The zero-order chi connectivity index (χ0) is 22.1. The van der Waals surface area contributed by atoms with Crippen LogP contribution in [0.5, 0.6) is 11.6 Å². The molecule has 0 atom stereocenters. The number of nitrogens with zero attached hydrogens (tertiary/aromatic N) is 2. The Bertz CT molecular complexity index is 1320. The lowest BCUT2D eigenvalue weighted by Gasteiger charge is -2.10. The summed E-state index contributed by atoms with van der Waals surface area (Å²) in [5.41, 5.74) is 7.92. The average Bonchev–Trinajstić information content (AvgIpc) is 3.06. The molecule has 0 unspecified atom stereocenters. The summed E-state index contributed by atoms with van der Waals surface area (Å²) in [6.45, 7) is 5.82. The highest BCUT2D eigenvalue weighted by atomic mass is 16.3. The molecular weight excluding hydrogens is 390 g/mol. The van der Waals surface area contributed by atoms with Gasteiger partial charge in [-0.05, 0) is 74.4 Å². The van der Waals surface area contributed by atoms with E-state index < -0.39 is 5.91 Å². The molecule has 6 heteroatoms. The number of fused-ring (bicyclic) bond motifs is 1. The van der Waals surface area contributed by atoms with Gasteiger partial charge in [-0.2, -0.15) is 5.10 Å². The van der Waals surface area contributed by atoms with Crippen LogP contribution in [0.3, 0.4) is 0 Å². The molecule has 0 aliphatic carbocycles. The van der Waals surface area contributed by atoms with E-state index in [1.54, 1.807) is 11.5 Å². The topological polar surface area (TPSA) is 86.8 Å². The van der Waals surface area contributed by atoms with E-state index in [9.17, 15) is 15.0 Å². The predicted octanol–water partition coefficient (Wildman–Crippen LogP) is 4.81. The third-order valence-corrected chi connectivity index (χ3v) is 5.41. The Labute approximate surface area is 180 Å². The van der Waals surface area contributed by atoms with E-state index >= 15 is 0 Å². The number of hydrazone groups is 1. The number of phenolic OH excluding ortho intramolecular Hbond substituents is 1. The fourth-order valence-electron chi connectivity index (χ4n) is 3.58. The molecule has 0 saturated heterocycles. The van der Waals surface area contributed by atoms with E-state index in [0.717, 1.165) is 22.2 Å². The number of aromatic nitrogens is 1. The molecule has 0 saturated carbocycles. The maximum absolute atomic E-state index is 12.4. The van der Waals surface area contributed by atoms with E-state index in [1.807, 2.05) is 56.3 Å². The zero-order valence-electron chi connectivity index (χ0n) is 17.5. The zero-order valence-corrected chi connectivity index (χ0v) is 17.5. The number of carbonyl (C=O) groups is 1. The van der Waals surface area contributed by atoms with Gasteiger partial charge >= 0.3 is 0 Å². The van der Waals surface area contributed by atoms with Crippen LogP contribution in [0.15, 0.2) is 71.8 Å². The van der Waals surface area contributed by atoms with Crippen LogP contribution in [0, 0.1) is 13.8 Å².